The molecule has 2 aromatic carbocycles. The number of rotatable bonds is 13. The van der Waals surface area contributed by atoms with Gasteiger partial charge in [-0.3, -0.25) is 9.78 Å². The van der Waals surface area contributed by atoms with Gasteiger partial charge < -0.3 is 9.94 Å². The summed E-state index contributed by atoms with van der Waals surface area (Å²) < 4.78 is 28.2. The van der Waals surface area contributed by atoms with Crippen LogP contribution in [0, 0.1) is 0 Å². The van der Waals surface area contributed by atoms with E-state index in [-0.39, 0.29) is 17.9 Å². The van der Waals surface area contributed by atoms with E-state index in [2.05, 4.69) is 14.9 Å². The van der Waals surface area contributed by atoms with Gasteiger partial charge in [-0.2, -0.15) is 0 Å². The molecular weight excluding hydrogens is 490 g/mol. The van der Waals surface area contributed by atoms with Gasteiger partial charge in [-0.05, 0) is 60.7 Å². The monoisotopic (exact) mass is 515 g/mol. The molecule has 8 nitrogen and oxygen atoms in total. The molecule has 0 fully saturated rings. The zero-order chi connectivity index (χ0) is 25.1. The minimum Gasteiger partial charge on any atom is -0.481 e. The average Bonchev–Trinajstić information content (AvgIpc) is 2.85. The number of hydrogen-bond acceptors (Lipinski definition) is 6. The Kier molecular flexibility index (Phi) is 9.77. The average molecular weight is 516 g/mol. The summed E-state index contributed by atoms with van der Waals surface area (Å²) in [5.41, 5.74) is 3.08. The molecule has 3 rings (SSSR count). The minimum atomic E-state index is -3.74. The molecule has 0 aliphatic rings. The Balaban J connectivity index is 1.74. The lowest BCUT2D eigenvalue weighted by atomic mass is 9.96. The first kappa shape index (κ1) is 26.3. The quantitative estimate of drug-likeness (QED) is 0.190. The molecule has 3 aromatic rings. The summed E-state index contributed by atoms with van der Waals surface area (Å²) in [6, 6.07) is 15.2. The first-order valence-corrected chi connectivity index (χ1v) is 12.9. The largest absolute Gasteiger partial charge is 0.481 e. The van der Waals surface area contributed by atoms with Crippen LogP contribution < -0.4 is 4.72 Å². The van der Waals surface area contributed by atoms with E-state index in [1.807, 2.05) is 24.3 Å². The molecule has 0 saturated carbocycles. The van der Waals surface area contributed by atoms with E-state index in [0.717, 1.165) is 28.7 Å². The number of carbonyl (C=O) groups is 1. The number of pyridine rings is 1. The Hall–Kier alpha value is -3.27. The van der Waals surface area contributed by atoms with Gasteiger partial charge in [0.05, 0.1) is 11.1 Å². The summed E-state index contributed by atoms with van der Waals surface area (Å²) in [5.74, 6) is -0.804. The number of nitrogens with zero attached hydrogens (tertiary/aromatic N) is 2. The molecule has 10 heteroatoms. The molecule has 0 bridgehead atoms. The SMILES string of the molecule is O=C(O)CCCCCON=Cc1cccc(CNS(=O)(=O)c2ccc(Cl)cc2)c1-c1cccnc1. The number of carboxylic acid groups (broad SMARTS) is 1. The van der Waals surface area contributed by atoms with Crippen molar-refractivity contribution in [3.8, 4) is 11.1 Å². The minimum absolute atomic E-state index is 0.0568. The second-order valence-electron chi connectivity index (χ2n) is 7.67. The van der Waals surface area contributed by atoms with E-state index in [4.69, 9.17) is 21.5 Å². The second-order valence-corrected chi connectivity index (χ2v) is 9.88. The van der Waals surface area contributed by atoms with Crippen LogP contribution >= 0.6 is 11.6 Å². The molecule has 35 heavy (non-hydrogen) atoms. The summed E-state index contributed by atoms with van der Waals surface area (Å²) in [6.07, 6.45) is 7.13. The number of aliphatic carboxylic acids is 1. The number of benzene rings is 2. The summed E-state index contributed by atoms with van der Waals surface area (Å²) in [7, 11) is -3.74. The third-order valence-corrected chi connectivity index (χ3v) is 6.77. The van der Waals surface area contributed by atoms with Gasteiger partial charge in [0.1, 0.15) is 6.61 Å². The van der Waals surface area contributed by atoms with Gasteiger partial charge in [0, 0.05) is 41.5 Å². The first-order valence-electron chi connectivity index (χ1n) is 11.0. The fraction of sp³-hybridized carbons (Fsp3) is 0.240. The topological polar surface area (TPSA) is 118 Å². The lowest BCUT2D eigenvalue weighted by Crippen LogP contribution is -2.23. The molecule has 1 heterocycles. The molecule has 0 amide bonds. The lowest BCUT2D eigenvalue weighted by molar-refractivity contribution is -0.137. The maximum absolute atomic E-state index is 12.8. The zero-order valence-corrected chi connectivity index (χ0v) is 20.5. The number of nitrogens with one attached hydrogen (secondary N) is 1. The van der Waals surface area contributed by atoms with Gasteiger partial charge in [-0.1, -0.05) is 41.0 Å². The Morgan fingerprint density at radius 1 is 1.09 bits per heavy atom. The van der Waals surface area contributed by atoms with Crippen molar-refractivity contribution in [3.63, 3.8) is 0 Å². The van der Waals surface area contributed by atoms with Crippen molar-refractivity contribution in [1.29, 1.82) is 0 Å². The van der Waals surface area contributed by atoms with E-state index in [1.165, 1.54) is 24.3 Å². The number of carboxylic acids is 1. The molecule has 184 valence electrons. The fourth-order valence-corrected chi connectivity index (χ4v) is 4.51. The normalized spacial score (nSPS) is 11.6. The maximum Gasteiger partial charge on any atom is 0.303 e. The maximum atomic E-state index is 12.8. The van der Waals surface area contributed by atoms with Crippen LogP contribution in [0.3, 0.4) is 0 Å². The Labute approximate surface area is 209 Å². The third-order valence-electron chi connectivity index (χ3n) is 5.10. The first-order chi connectivity index (χ1) is 16.9. The van der Waals surface area contributed by atoms with Crippen LogP contribution in [0.4, 0.5) is 0 Å². The number of halogens is 1. The van der Waals surface area contributed by atoms with Crippen molar-refractivity contribution in [2.75, 3.05) is 6.61 Å². The van der Waals surface area contributed by atoms with Crippen LogP contribution in [0.15, 0.2) is 77.0 Å². The number of oxime groups is 1. The number of sulfonamides is 1. The number of hydrogen-bond donors (Lipinski definition) is 2. The Morgan fingerprint density at radius 3 is 2.60 bits per heavy atom. The third kappa shape index (κ3) is 8.17. The van der Waals surface area contributed by atoms with E-state index >= 15 is 0 Å². The molecule has 0 saturated heterocycles. The second kappa shape index (κ2) is 13.0. The van der Waals surface area contributed by atoms with Crippen LogP contribution in [0.5, 0.6) is 0 Å². The molecular formula is C25H26ClN3O5S. The van der Waals surface area contributed by atoms with Crippen LogP contribution in [-0.2, 0) is 26.2 Å². The highest BCUT2D eigenvalue weighted by atomic mass is 35.5. The molecule has 2 N–H and O–H groups in total. The van der Waals surface area contributed by atoms with Crippen LogP contribution in [0.25, 0.3) is 11.1 Å². The molecule has 0 spiro atoms. The van der Waals surface area contributed by atoms with E-state index in [1.54, 1.807) is 24.7 Å². The Bertz CT molecular complexity index is 1250. The molecule has 0 aliphatic carbocycles. The van der Waals surface area contributed by atoms with E-state index in [0.29, 0.717) is 24.5 Å². The summed E-state index contributed by atoms with van der Waals surface area (Å²) >= 11 is 5.87. The molecule has 1 aromatic heterocycles. The van der Waals surface area contributed by atoms with Crippen molar-refractivity contribution in [2.45, 2.75) is 37.1 Å². The van der Waals surface area contributed by atoms with Crippen molar-refractivity contribution in [3.05, 3.63) is 83.1 Å². The summed E-state index contributed by atoms with van der Waals surface area (Å²) in [4.78, 5) is 20.2. The molecule has 0 radical (unpaired) electrons. The highest BCUT2D eigenvalue weighted by Gasteiger charge is 2.16. The van der Waals surface area contributed by atoms with Gasteiger partial charge in [-0.15, -0.1) is 0 Å². The van der Waals surface area contributed by atoms with Crippen molar-refractivity contribution in [1.82, 2.24) is 9.71 Å². The van der Waals surface area contributed by atoms with Gasteiger partial charge >= 0.3 is 5.97 Å². The van der Waals surface area contributed by atoms with Gasteiger partial charge in [0.25, 0.3) is 0 Å². The Morgan fingerprint density at radius 2 is 1.89 bits per heavy atom. The predicted octanol–water partition coefficient (Wildman–Crippen LogP) is 4.88. The fourth-order valence-electron chi connectivity index (χ4n) is 3.37. The zero-order valence-electron chi connectivity index (χ0n) is 18.9. The van der Waals surface area contributed by atoms with Crippen LogP contribution in [0.1, 0.15) is 36.8 Å². The van der Waals surface area contributed by atoms with E-state index in [9.17, 15) is 13.2 Å². The van der Waals surface area contributed by atoms with Gasteiger partial charge in [0.2, 0.25) is 10.0 Å². The van der Waals surface area contributed by atoms with Crippen molar-refractivity contribution >= 4 is 33.8 Å². The molecule has 0 unspecified atom stereocenters. The summed E-state index contributed by atoms with van der Waals surface area (Å²) in [6.45, 7) is 0.431. The smallest absolute Gasteiger partial charge is 0.303 e. The standard InChI is InChI=1S/C25H26ClN3O5S/c26-22-10-12-23(13-11-22)35(32,33)29-18-21-7-4-6-20(25(21)19-8-5-14-27-16-19)17-28-34-15-3-1-2-9-24(30)31/h4-8,10-14,16-17,29H,1-3,9,15,18H2,(H,30,31). The molecule has 0 atom stereocenters. The van der Waals surface area contributed by atoms with Gasteiger partial charge in [0.15, 0.2) is 0 Å². The molecule has 0 aliphatic heterocycles. The van der Waals surface area contributed by atoms with Crippen molar-refractivity contribution < 1.29 is 23.2 Å². The lowest BCUT2D eigenvalue weighted by Gasteiger charge is -2.14. The highest BCUT2D eigenvalue weighted by molar-refractivity contribution is 7.89. The predicted molar refractivity (Wildman–Crippen MR) is 135 cm³/mol. The van der Waals surface area contributed by atoms with Crippen molar-refractivity contribution in [2.24, 2.45) is 5.16 Å². The van der Waals surface area contributed by atoms with Crippen LogP contribution in [-0.4, -0.2) is 37.3 Å². The van der Waals surface area contributed by atoms with E-state index < -0.39 is 16.0 Å². The van der Waals surface area contributed by atoms with Gasteiger partial charge in [-0.25, -0.2) is 13.1 Å². The summed E-state index contributed by atoms with van der Waals surface area (Å²) in [5, 5.41) is 13.2. The highest BCUT2D eigenvalue weighted by Crippen LogP contribution is 2.27. The number of aromatic nitrogens is 1. The number of unbranched alkanes of at least 4 members (excludes halogenated alkanes) is 2. The van der Waals surface area contributed by atoms with Crippen LogP contribution in [0.2, 0.25) is 5.02 Å².